The molecule has 0 saturated carbocycles. The van der Waals surface area contributed by atoms with Gasteiger partial charge in [-0.05, 0) is 19.4 Å². The van der Waals surface area contributed by atoms with Crippen LogP contribution in [-0.2, 0) is 19.5 Å². The van der Waals surface area contributed by atoms with Crippen LogP contribution >= 0.6 is 0 Å². The average Bonchev–Trinajstić information content (AvgIpc) is 2.58. The van der Waals surface area contributed by atoms with Crippen LogP contribution in [0.3, 0.4) is 0 Å². The molecule has 13 heavy (non-hydrogen) atoms. The van der Waals surface area contributed by atoms with Crippen LogP contribution in [0.1, 0.15) is 31.4 Å². The smallest absolute Gasteiger partial charge is 0.147 e. The molecule has 2 rings (SSSR count). The fourth-order valence-corrected chi connectivity index (χ4v) is 1.74. The maximum atomic E-state index is 4.19. The minimum Gasteiger partial charge on any atom is -0.314 e. The molecule has 1 N–H and O–H groups in total. The van der Waals surface area contributed by atoms with Gasteiger partial charge < -0.3 is 9.88 Å². The van der Waals surface area contributed by atoms with Gasteiger partial charge >= 0.3 is 0 Å². The van der Waals surface area contributed by atoms with Gasteiger partial charge in [0.25, 0.3) is 0 Å². The van der Waals surface area contributed by atoms with E-state index in [1.54, 1.807) is 0 Å². The quantitative estimate of drug-likeness (QED) is 0.745. The summed E-state index contributed by atoms with van der Waals surface area (Å²) in [5, 5.41) is 11.6. The van der Waals surface area contributed by atoms with Crippen LogP contribution in [0.25, 0.3) is 0 Å². The summed E-state index contributed by atoms with van der Waals surface area (Å²) < 4.78 is 2.26. The summed E-state index contributed by atoms with van der Waals surface area (Å²) in [7, 11) is 0. The van der Waals surface area contributed by atoms with E-state index in [4.69, 9.17) is 0 Å². The first-order valence-corrected chi connectivity index (χ1v) is 5.03. The third-order valence-corrected chi connectivity index (χ3v) is 2.47. The summed E-state index contributed by atoms with van der Waals surface area (Å²) >= 11 is 0. The summed E-state index contributed by atoms with van der Waals surface area (Å²) in [6.45, 7) is 5.04. The molecule has 0 fully saturated rings. The van der Waals surface area contributed by atoms with Crippen molar-refractivity contribution in [2.45, 2.75) is 39.3 Å². The Morgan fingerprint density at radius 3 is 3.15 bits per heavy atom. The van der Waals surface area contributed by atoms with Crippen molar-refractivity contribution < 1.29 is 0 Å². The molecule has 72 valence electrons. The second-order valence-electron chi connectivity index (χ2n) is 3.42. The van der Waals surface area contributed by atoms with E-state index < -0.39 is 0 Å². The summed E-state index contributed by atoms with van der Waals surface area (Å²) in [4.78, 5) is 0. The molecular weight excluding hydrogens is 164 g/mol. The van der Waals surface area contributed by atoms with Crippen LogP contribution < -0.4 is 5.32 Å². The predicted octanol–water partition coefficient (Wildman–Crippen LogP) is 0.724. The van der Waals surface area contributed by atoms with Crippen molar-refractivity contribution in [3.63, 3.8) is 0 Å². The van der Waals surface area contributed by atoms with Gasteiger partial charge in [-0.2, -0.15) is 0 Å². The summed E-state index contributed by atoms with van der Waals surface area (Å²) in [5.74, 6) is 2.26. The largest absolute Gasteiger partial charge is 0.314 e. The summed E-state index contributed by atoms with van der Waals surface area (Å²) in [6, 6.07) is 0. The number of nitrogens with zero attached hydrogens (tertiary/aromatic N) is 3. The molecule has 1 aliphatic heterocycles. The molecule has 0 bridgehead atoms. The third kappa shape index (κ3) is 1.72. The monoisotopic (exact) mass is 180 g/mol. The first kappa shape index (κ1) is 8.69. The van der Waals surface area contributed by atoms with E-state index in [0.29, 0.717) is 0 Å². The molecule has 1 aromatic heterocycles. The Morgan fingerprint density at radius 1 is 1.38 bits per heavy atom. The lowest BCUT2D eigenvalue weighted by Gasteiger charge is -2.14. The molecule has 2 heterocycles. The fourth-order valence-electron chi connectivity index (χ4n) is 1.74. The molecule has 0 amide bonds. The lowest BCUT2D eigenvalue weighted by molar-refractivity contribution is 0.499. The van der Waals surface area contributed by atoms with E-state index in [1.165, 1.54) is 18.7 Å². The molecule has 1 aromatic rings. The molecular formula is C9H16N4. The lowest BCUT2D eigenvalue weighted by atomic mass is 10.2. The molecule has 0 radical (unpaired) electrons. The number of aryl methyl sites for hydroxylation is 1. The van der Waals surface area contributed by atoms with Crippen molar-refractivity contribution >= 4 is 0 Å². The normalized spacial score (nSPS) is 15.8. The summed E-state index contributed by atoms with van der Waals surface area (Å²) in [6.07, 6.45) is 3.63. The molecule has 4 heteroatoms. The van der Waals surface area contributed by atoms with Gasteiger partial charge in [-0.15, -0.1) is 10.2 Å². The highest BCUT2D eigenvalue weighted by molar-refractivity contribution is 4.98. The van der Waals surface area contributed by atoms with Crippen LogP contribution in [0, 0.1) is 0 Å². The Morgan fingerprint density at radius 2 is 2.31 bits per heavy atom. The summed E-state index contributed by atoms with van der Waals surface area (Å²) in [5.41, 5.74) is 0. The SMILES string of the molecule is CCNCc1nnc2n1CCCC2. The molecule has 0 spiro atoms. The molecule has 1 aliphatic rings. The molecule has 0 aromatic carbocycles. The Bertz CT molecular complexity index is 279. The maximum Gasteiger partial charge on any atom is 0.147 e. The fraction of sp³-hybridized carbons (Fsp3) is 0.778. The highest BCUT2D eigenvalue weighted by Gasteiger charge is 2.14. The second-order valence-corrected chi connectivity index (χ2v) is 3.42. The Balaban J connectivity index is 2.12. The number of hydrogen-bond donors (Lipinski definition) is 1. The number of rotatable bonds is 3. The molecule has 0 saturated heterocycles. The van der Waals surface area contributed by atoms with Crippen LogP contribution in [0.2, 0.25) is 0 Å². The third-order valence-electron chi connectivity index (χ3n) is 2.47. The molecule has 0 unspecified atom stereocenters. The Labute approximate surface area is 78.4 Å². The van der Waals surface area contributed by atoms with E-state index in [2.05, 4.69) is 27.0 Å². The number of fused-ring (bicyclic) bond motifs is 1. The van der Waals surface area contributed by atoms with Gasteiger partial charge in [0, 0.05) is 13.0 Å². The van der Waals surface area contributed by atoms with Crippen LogP contribution in [-0.4, -0.2) is 21.3 Å². The van der Waals surface area contributed by atoms with Crippen molar-refractivity contribution in [1.29, 1.82) is 0 Å². The Kier molecular flexibility index (Phi) is 2.59. The number of hydrogen-bond acceptors (Lipinski definition) is 3. The zero-order chi connectivity index (χ0) is 9.10. The van der Waals surface area contributed by atoms with Crippen LogP contribution in [0.4, 0.5) is 0 Å². The second kappa shape index (κ2) is 3.87. The van der Waals surface area contributed by atoms with Crippen molar-refractivity contribution in [2.75, 3.05) is 6.54 Å². The van der Waals surface area contributed by atoms with Crippen LogP contribution in [0.15, 0.2) is 0 Å². The lowest BCUT2D eigenvalue weighted by Crippen LogP contribution is -2.19. The van der Waals surface area contributed by atoms with Gasteiger partial charge in [-0.1, -0.05) is 6.92 Å². The zero-order valence-corrected chi connectivity index (χ0v) is 8.08. The molecule has 0 aliphatic carbocycles. The highest BCUT2D eigenvalue weighted by Crippen LogP contribution is 2.13. The van der Waals surface area contributed by atoms with E-state index in [1.807, 2.05) is 0 Å². The zero-order valence-electron chi connectivity index (χ0n) is 8.08. The first-order valence-electron chi connectivity index (χ1n) is 5.03. The van der Waals surface area contributed by atoms with Crippen molar-refractivity contribution in [3.8, 4) is 0 Å². The number of nitrogens with one attached hydrogen (secondary N) is 1. The van der Waals surface area contributed by atoms with E-state index in [9.17, 15) is 0 Å². The van der Waals surface area contributed by atoms with E-state index >= 15 is 0 Å². The van der Waals surface area contributed by atoms with Gasteiger partial charge in [0.1, 0.15) is 11.6 Å². The first-order chi connectivity index (χ1) is 6.42. The Hall–Kier alpha value is -0.900. The van der Waals surface area contributed by atoms with E-state index in [-0.39, 0.29) is 0 Å². The number of aromatic nitrogens is 3. The minimum atomic E-state index is 0.851. The molecule has 4 nitrogen and oxygen atoms in total. The standard InChI is InChI=1S/C9H16N4/c1-2-10-7-9-12-11-8-5-3-4-6-13(8)9/h10H,2-7H2,1H3. The van der Waals surface area contributed by atoms with Crippen molar-refractivity contribution in [2.24, 2.45) is 0 Å². The average molecular weight is 180 g/mol. The van der Waals surface area contributed by atoms with Gasteiger partial charge in [0.2, 0.25) is 0 Å². The predicted molar refractivity (Wildman–Crippen MR) is 50.3 cm³/mol. The topological polar surface area (TPSA) is 42.7 Å². The van der Waals surface area contributed by atoms with Crippen molar-refractivity contribution in [1.82, 2.24) is 20.1 Å². The van der Waals surface area contributed by atoms with Gasteiger partial charge in [0.05, 0.1) is 6.54 Å². The van der Waals surface area contributed by atoms with Gasteiger partial charge in [-0.25, -0.2) is 0 Å². The minimum absolute atomic E-state index is 0.851. The van der Waals surface area contributed by atoms with Crippen LogP contribution in [0.5, 0.6) is 0 Å². The van der Waals surface area contributed by atoms with Gasteiger partial charge in [-0.3, -0.25) is 0 Å². The van der Waals surface area contributed by atoms with E-state index in [0.717, 1.165) is 31.9 Å². The van der Waals surface area contributed by atoms with Gasteiger partial charge in [0.15, 0.2) is 0 Å². The highest BCUT2D eigenvalue weighted by atomic mass is 15.3. The van der Waals surface area contributed by atoms with Crippen molar-refractivity contribution in [3.05, 3.63) is 11.6 Å². The molecule has 0 atom stereocenters. The maximum absolute atomic E-state index is 4.19.